The van der Waals surface area contributed by atoms with E-state index in [0.29, 0.717) is 41.7 Å². The normalized spacial score (nSPS) is 12.8. The van der Waals surface area contributed by atoms with E-state index in [1.807, 2.05) is 13.8 Å². The van der Waals surface area contributed by atoms with Crippen LogP contribution in [0, 0.1) is 13.8 Å². The summed E-state index contributed by atoms with van der Waals surface area (Å²) in [6, 6.07) is 16.7. The van der Waals surface area contributed by atoms with Crippen molar-refractivity contribution in [2.75, 3.05) is 31.2 Å². The van der Waals surface area contributed by atoms with Gasteiger partial charge in [0.2, 0.25) is 0 Å². The van der Waals surface area contributed by atoms with Crippen molar-refractivity contribution in [3.05, 3.63) is 77.4 Å². The van der Waals surface area contributed by atoms with Gasteiger partial charge in [0, 0.05) is 12.6 Å². The molecule has 0 aliphatic carbocycles. The zero-order chi connectivity index (χ0) is 23.6. The van der Waals surface area contributed by atoms with Crippen LogP contribution in [0.4, 0.5) is 5.69 Å². The molecule has 4 rings (SSSR count). The fourth-order valence-corrected chi connectivity index (χ4v) is 4.65. The lowest BCUT2D eigenvalue weighted by Crippen LogP contribution is -2.26. The van der Waals surface area contributed by atoms with E-state index in [9.17, 15) is 13.2 Å². The lowest BCUT2D eigenvalue weighted by atomic mass is 10.1. The Morgan fingerprint density at radius 3 is 2.30 bits per heavy atom. The molecule has 0 fully saturated rings. The van der Waals surface area contributed by atoms with Gasteiger partial charge in [-0.15, -0.1) is 0 Å². The van der Waals surface area contributed by atoms with Crippen molar-refractivity contribution in [1.29, 1.82) is 0 Å². The SMILES string of the molecule is Cc1ccc(S(=O)(=O)N(C)c2ccc(OCC(=O)c3ccc4c(c3)OCCO4)cc2)cc1C. The maximum absolute atomic E-state index is 13.0. The molecule has 1 heterocycles. The minimum atomic E-state index is -3.70. The Kier molecular flexibility index (Phi) is 6.29. The molecule has 0 N–H and O–H groups in total. The van der Waals surface area contributed by atoms with Crippen molar-refractivity contribution in [3.8, 4) is 17.2 Å². The highest BCUT2D eigenvalue weighted by Crippen LogP contribution is 2.31. The zero-order valence-electron chi connectivity index (χ0n) is 18.7. The van der Waals surface area contributed by atoms with Crippen molar-refractivity contribution in [2.45, 2.75) is 18.7 Å². The summed E-state index contributed by atoms with van der Waals surface area (Å²) in [6.45, 7) is 4.59. The van der Waals surface area contributed by atoms with Crippen LogP contribution >= 0.6 is 0 Å². The Labute approximate surface area is 193 Å². The molecule has 3 aromatic carbocycles. The third kappa shape index (κ3) is 4.80. The molecule has 0 unspecified atom stereocenters. The van der Waals surface area contributed by atoms with Crippen molar-refractivity contribution in [1.82, 2.24) is 0 Å². The third-order valence-electron chi connectivity index (χ3n) is 5.57. The molecule has 1 aliphatic rings. The number of carbonyl (C=O) groups excluding carboxylic acids is 1. The number of sulfonamides is 1. The summed E-state index contributed by atoms with van der Waals surface area (Å²) >= 11 is 0. The quantitative estimate of drug-likeness (QED) is 0.485. The molecule has 8 heteroatoms. The number of rotatable bonds is 7. The van der Waals surface area contributed by atoms with Gasteiger partial charge in [-0.25, -0.2) is 8.42 Å². The van der Waals surface area contributed by atoms with Crippen LogP contribution in [0.2, 0.25) is 0 Å². The fraction of sp³-hybridized carbons (Fsp3) is 0.240. The number of Topliss-reactive ketones (excluding diaryl/α,β-unsaturated/α-hetero) is 1. The van der Waals surface area contributed by atoms with E-state index in [0.717, 1.165) is 11.1 Å². The van der Waals surface area contributed by atoms with Gasteiger partial charge in [-0.2, -0.15) is 0 Å². The highest BCUT2D eigenvalue weighted by Gasteiger charge is 2.22. The average Bonchev–Trinajstić information content (AvgIpc) is 2.83. The number of fused-ring (bicyclic) bond motifs is 1. The Balaban J connectivity index is 1.41. The molecule has 1 aliphatic heterocycles. The minimum absolute atomic E-state index is 0.157. The molecule has 0 aromatic heterocycles. The van der Waals surface area contributed by atoms with Crippen molar-refractivity contribution in [3.63, 3.8) is 0 Å². The van der Waals surface area contributed by atoms with Crippen LogP contribution in [0.25, 0.3) is 0 Å². The van der Waals surface area contributed by atoms with Crippen molar-refractivity contribution in [2.24, 2.45) is 0 Å². The number of nitrogens with zero attached hydrogens (tertiary/aromatic N) is 1. The van der Waals surface area contributed by atoms with E-state index < -0.39 is 10.0 Å². The maximum Gasteiger partial charge on any atom is 0.264 e. The van der Waals surface area contributed by atoms with E-state index in [1.165, 1.54) is 11.4 Å². The summed E-state index contributed by atoms with van der Waals surface area (Å²) in [4.78, 5) is 12.7. The predicted octanol–water partition coefficient (Wildman–Crippen LogP) is 4.16. The maximum atomic E-state index is 13.0. The van der Waals surface area contributed by atoms with Crippen LogP contribution < -0.4 is 18.5 Å². The van der Waals surface area contributed by atoms with Gasteiger partial charge in [-0.05, 0) is 79.6 Å². The van der Waals surface area contributed by atoms with Crippen LogP contribution in [0.5, 0.6) is 17.2 Å². The summed E-state index contributed by atoms with van der Waals surface area (Å²) in [5, 5.41) is 0. The Bertz CT molecular complexity index is 1280. The Hall–Kier alpha value is -3.52. The van der Waals surface area contributed by atoms with Gasteiger partial charge in [0.05, 0.1) is 10.6 Å². The first-order valence-corrected chi connectivity index (χ1v) is 11.9. The summed E-state index contributed by atoms with van der Waals surface area (Å²) in [6.07, 6.45) is 0. The molecule has 0 bridgehead atoms. The molecular formula is C25H25NO6S. The predicted molar refractivity (Wildman–Crippen MR) is 125 cm³/mol. The number of hydrogen-bond acceptors (Lipinski definition) is 6. The number of aryl methyl sites for hydroxylation is 2. The number of ketones is 1. The van der Waals surface area contributed by atoms with Gasteiger partial charge in [0.15, 0.2) is 23.9 Å². The van der Waals surface area contributed by atoms with Gasteiger partial charge in [-0.1, -0.05) is 6.07 Å². The van der Waals surface area contributed by atoms with Gasteiger partial charge < -0.3 is 14.2 Å². The van der Waals surface area contributed by atoms with E-state index in [4.69, 9.17) is 14.2 Å². The molecule has 7 nitrogen and oxygen atoms in total. The Morgan fingerprint density at radius 2 is 1.61 bits per heavy atom. The molecule has 33 heavy (non-hydrogen) atoms. The molecule has 0 amide bonds. The second kappa shape index (κ2) is 9.15. The van der Waals surface area contributed by atoms with Gasteiger partial charge >= 0.3 is 0 Å². The topological polar surface area (TPSA) is 82.1 Å². The summed E-state index contributed by atoms with van der Waals surface area (Å²) in [5.41, 5.74) is 2.90. The van der Waals surface area contributed by atoms with Gasteiger partial charge in [0.25, 0.3) is 10.0 Å². The van der Waals surface area contributed by atoms with Crippen LogP contribution in [-0.4, -0.2) is 41.1 Å². The van der Waals surface area contributed by atoms with Crippen LogP contribution in [0.3, 0.4) is 0 Å². The standard InChI is InChI=1S/C25H25NO6S/c1-17-4-10-22(14-18(17)2)33(28,29)26(3)20-6-8-21(9-7-20)32-16-23(27)19-5-11-24-25(15-19)31-13-12-30-24/h4-11,14-15H,12-13,16H2,1-3H3. The first kappa shape index (κ1) is 22.7. The molecule has 0 radical (unpaired) electrons. The van der Waals surface area contributed by atoms with Crippen LogP contribution in [0.1, 0.15) is 21.5 Å². The molecule has 0 saturated carbocycles. The second-order valence-electron chi connectivity index (χ2n) is 7.78. The molecular weight excluding hydrogens is 442 g/mol. The molecule has 172 valence electrons. The lowest BCUT2D eigenvalue weighted by Gasteiger charge is -2.20. The van der Waals surface area contributed by atoms with Gasteiger partial charge in [0.1, 0.15) is 19.0 Å². The third-order valence-corrected chi connectivity index (χ3v) is 7.35. The molecule has 0 spiro atoms. The van der Waals surface area contributed by atoms with E-state index in [1.54, 1.807) is 60.7 Å². The van der Waals surface area contributed by atoms with Crippen molar-refractivity contribution >= 4 is 21.5 Å². The highest BCUT2D eigenvalue weighted by molar-refractivity contribution is 7.92. The lowest BCUT2D eigenvalue weighted by molar-refractivity contribution is 0.0920. The monoisotopic (exact) mass is 467 g/mol. The molecule has 3 aromatic rings. The number of benzene rings is 3. The summed E-state index contributed by atoms with van der Waals surface area (Å²) in [5.74, 6) is 1.42. The van der Waals surface area contributed by atoms with Crippen molar-refractivity contribution < 1.29 is 27.4 Å². The second-order valence-corrected chi connectivity index (χ2v) is 9.75. The number of hydrogen-bond donors (Lipinski definition) is 0. The minimum Gasteiger partial charge on any atom is -0.486 e. The number of carbonyl (C=O) groups is 1. The zero-order valence-corrected chi connectivity index (χ0v) is 19.5. The smallest absolute Gasteiger partial charge is 0.264 e. The average molecular weight is 468 g/mol. The molecule has 0 saturated heterocycles. The first-order valence-electron chi connectivity index (χ1n) is 10.5. The summed E-state index contributed by atoms with van der Waals surface area (Å²) < 4.78 is 43.8. The largest absolute Gasteiger partial charge is 0.486 e. The van der Waals surface area contributed by atoms with Crippen LogP contribution in [0.15, 0.2) is 65.6 Å². The highest BCUT2D eigenvalue weighted by atomic mass is 32.2. The van der Waals surface area contributed by atoms with E-state index in [-0.39, 0.29) is 17.3 Å². The first-order chi connectivity index (χ1) is 15.8. The number of anilines is 1. The molecule has 0 atom stereocenters. The number of ether oxygens (including phenoxy) is 3. The van der Waals surface area contributed by atoms with E-state index >= 15 is 0 Å². The van der Waals surface area contributed by atoms with Crippen LogP contribution in [-0.2, 0) is 10.0 Å². The Morgan fingerprint density at radius 1 is 0.909 bits per heavy atom. The fourth-order valence-electron chi connectivity index (χ4n) is 3.37. The van der Waals surface area contributed by atoms with E-state index in [2.05, 4.69) is 0 Å². The van der Waals surface area contributed by atoms with Gasteiger partial charge in [-0.3, -0.25) is 9.10 Å². The summed E-state index contributed by atoms with van der Waals surface area (Å²) in [7, 11) is -2.19.